The number of nitrogens with zero attached hydrogens (tertiary/aromatic N) is 2. The van der Waals surface area contributed by atoms with E-state index in [0.717, 1.165) is 27.1 Å². The van der Waals surface area contributed by atoms with E-state index in [2.05, 4.69) is 24.4 Å². The van der Waals surface area contributed by atoms with Crippen LogP contribution in [-0.2, 0) is 4.79 Å². The topological polar surface area (TPSA) is 85.1 Å². The molecule has 1 amide bonds. The predicted molar refractivity (Wildman–Crippen MR) is 113 cm³/mol. The van der Waals surface area contributed by atoms with E-state index in [9.17, 15) is 14.9 Å². The molecule has 1 N–H and O–H groups in total. The van der Waals surface area contributed by atoms with Gasteiger partial charge in [-0.2, -0.15) is 0 Å². The van der Waals surface area contributed by atoms with Crippen molar-refractivity contribution in [3.63, 3.8) is 0 Å². The summed E-state index contributed by atoms with van der Waals surface area (Å²) in [6.45, 7) is 7.88. The fourth-order valence-corrected chi connectivity index (χ4v) is 4.00. The highest BCUT2D eigenvalue weighted by Gasteiger charge is 2.20. The number of nitro benzene ring substituents is 1. The Labute approximate surface area is 167 Å². The summed E-state index contributed by atoms with van der Waals surface area (Å²) in [7, 11) is 0. The first-order valence-electron chi connectivity index (χ1n) is 8.86. The van der Waals surface area contributed by atoms with Gasteiger partial charge in [0.2, 0.25) is 5.91 Å². The Morgan fingerprint density at radius 1 is 1.14 bits per heavy atom. The molecular formula is C21H21N3O3S. The lowest BCUT2D eigenvalue weighted by Crippen LogP contribution is -2.23. The molecule has 1 aromatic heterocycles. The second-order valence-electron chi connectivity index (χ2n) is 6.78. The van der Waals surface area contributed by atoms with Gasteiger partial charge in [-0.25, -0.2) is 4.98 Å². The summed E-state index contributed by atoms with van der Waals surface area (Å²) in [5, 5.41) is 15.2. The van der Waals surface area contributed by atoms with Crippen molar-refractivity contribution in [2.24, 2.45) is 0 Å². The molecule has 0 spiro atoms. The van der Waals surface area contributed by atoms with Gasteiger partial charge >= 0.3 is 0 Å². The summed E-state index contributed by atoms with van der Waals surface area (Å²) in [6.07, 6.45) is 0. The standard InChI is InChI=1S/C21H21N3O3S/c1-12-9-14(3)20-16(10-12)13(2)11-19(23-20)28-15(4)21(25)22-17-7-5-6-8-18(17)24(26)27/h5-11,15H,1-4H3,(H,22,25). The number of para-hydroxylation sites is 2. The van der Waals surface area contributed by atoms with Crippen molar-refractivity contribution in [2.75, 3.05) is 5.32 Å². The van der Waals surface area contributed by atoms with E-state index < -0.39 is 10.2 Å². The molecule has 0 bridgehead atoms. The zero-order valence-corrected chi connectivity index (χ0v) is 17.0. The third-order valence-corrected chi connectivity index (χ3v) is 5.48. The molecule has 0 fully saturated rings. The first-order valence-corrected chi connectivity index (χ1v) is 9.73. The van der Waals surface area contributed by atoms with Crippen LogP contribution in [-0.4, -0.2) is 21.1 Å². The number of pyridine rings is 1. The molecule has 0 radical (unpaired) electrons. The van der Waals surface area contributed by atoms with Gasteiger partial charge in [0.15, 0.2) is 0 Å². The van der Waals surface area contributed by atoms with E-state index in [1.165, 1.54) is 29.5 Å². The van der Waals surface area contributed by atoms with Gasteiger partial charge in [0.05, 0.1) is 20.7 Å². The van der Waals surface area contributed by atoms with Crippen LogP contribution >= 0.6 is 11.8 Å². The average Bonchev–Trinajstić information content (AvgIpc) is 2.63. The normalized spacial score (nSPS) is 12.0. The van der Waals surface area contributed by atoms with Crippen molar-refractivity contribution < 1.29 is 9.72 Å². The number of nitrogens with one attached hydrogen (secondary N) is 1. The summed E-state index contributed by atoms with van der Waals surface area (Å²) in [5.41, 5.74) is 4.38. The fourth-order valence-electron chi connectivity index (χ4n) is 3.08. The zero-order valence-electron chi connectivity index (χ0n) is 16.1. The lowest BCUT2D eigenvalue weighted by atomic mass is 10.0. The smallest absolute Gasteiger partial charge is 0.292 e. The van der Waals surface area contributed by atoms with Crippen LogP contribution in [0.25, 0.3) is 10.9 Å². The minimum absolute atomic E-state index is 0.126. The van der Waals surface area contributed by atoms with Gasteiger partial charge in [0, 0.05) is 11.5 Å². The van der Waals surface area contributed by atoms with E-state index >= 15 is 0 Å². The molecule has 1 atom stereocenters. The van der Waals surface area contributed by atoms with Gasteiger partial charge in [-0.3, -0.25) is 14.9 Å². The van der Waals surface area contributed by atoms with Crippen molar-refractivity contribution >= 4 is 39.9 Å². The van der Waals surface area contributed by atoms with Crippen LogP contribution in [0.5, 0.6) is 0 Å². The number of thioether (sulfide) groups is 1. The summed E-state index contributed by atoms with van der Waals surface area (Å²) >= 11 is 1.33. The van der Waals surface area contributed by atoms with Gasteiger partial charge < -0.3 is 5.32 Å². The van der Waals surface area contributed by atoms with Crippen LogP contribution in [0.1, 0.15) is 23.6 Å². The van der Waals surface area contributed by atoms with Crippen LogP contribution in [0, 0.1) is 30.9 Å². The Morgan fingerprint density at radius 2 is 1.86 bits per heavy atom. The Morgan fingerprint density at radius 3 is 2.57 bits per heavy atom. The van der Waals surface area contributed by atoms with Crippen LogP contribution in [0.3, 0.4) is 0 Å². The molecule has 6 nitrogen and oxygen atoms in total. The Kier molecular flexibility index (Phi) is 5.65. The van der Waals surface area contributed by atoms with Crippen molar-refractivity contribution in [2.45, 2.75) is 38.0 Å². The van der Waals surface area contributed by atoms with Crippen molar-refractivity contribution in [1.29, 1.82) is 0 Å². The first kappa shape index (κ1) is 19.8. The number of amides is 1. The molecule has 7 heteroatoms. The molecule has 0 aliphatic rings. The number of anilines is 1. The second kappa shape index (κ2) is 7.98. The maximum absolute atomic E-state index is 12.6. The minimum Gasteiger partial charge on any atom is -0.319 e. The Balaban J connectivity index is 1.82. The number of rotatable bonds is 5. The number of aromatic nitrogens is 1. The quantitative estimate of drug-likeness (QED) is 0.365. The monoisotopic (exact) mass is 395 g/mol. The van der Waals surface area contributed by atoms with Crippen molar-refractivity contribution in [1.82, 2.24) is 4.98 Å². The highest BCUT2D eigenvalue weighted by atomic mass is 32.2. The van der Waals surface area contributed by atoms with E-state index in [4.69, 9.17) is 4.98 Å². The number of hydrogen-bond acceptors (Lipinski definition) is 5. The number of benzene rings is 2. The Bertz CT molecular complexity index is 1080. The summed E-state index contributed by atoms with van der Waals surface area (Å²) < 4.78 is 0. The lowest BCUT2D eigenvalue weighted by molar-refractivity contribution is -0.383. The molecule has 3 rings (SSSR count). The Hall–Kier alpha value is -2.93. The maximum atomic E-state index is 12.6. The summed E-state index contributed by atoms with van der Waals surface area (Å²) in [5.74, 6) is -0.306. The number of carbonyl (C=O) groups is 1. The van der Waals surface area contributed by atoms with Crippen molar-refractivity contribution in [3.05, 3.63) is 69.3 Å². The van der Waals surface area contributed by atoms with Crippen molar-refractivity contribution in [3.8, 4) is 0 Å². The lowest BCUT2D eigenvalue weighted by Gasteiger charge is -2.14. The van der Waals surface area contributed by atoms with Gasteiger partial charge in [0.1, 0.15) is 5.69 Å². The number of carbonyl (C=O) groups excluding carboxylic acids is 1. The molecule has 0 saturated heterocycles. The molecule has 3 aromatic rings. The third-order valence-electron chi connectivity index (χ3n) is 4.46. The average molecular weight is 395 g/mol. The molecule has 28 heavy (non-hydrogen) atoms. The van der Waals surface area contributed by atoms with Crippen LogP contribution < -0.4 is 5.32 Å². The van der Waals surface area contributed by atoms with E-state index in [0.29, 0.717) is 0 Å². The number of aryl methyl sites for hydroxylation is 3. The summed E-state index contributed by atoms with van der Waals surface area (Å²) in [4.78, 5) is 27.9. The van der Waals surface area contributed by atoms with Gasteiger partial charge in [0.25, 0.3) is 5.69 Å². The van der Waals surface area contributed by atoms with E-state index in [1.807, 2.05) is 19.9 Å². The third kappa shape index (κ3) is 4.14. The summed E-state index contributed by atoms with van der Waals surface area (Å²) in [6, 6.07) is 12.3. The number of hydrogen-bond donors (Lipinski definition) is 1. The molecule has 0 aliphatic heterocycles. The number of fused-ring (bicyclic) bond motifs is 1. The van der Waals surface area contributed by atoms with Gasteiger partial charge in [-0.05, 0) is 57.0 Å². The molecule has 1 heterocycles. The molecule has 0 saturated carbocycles. The molecular weight excluding hydrogens is 374 g/mol. The largest absolute Gasteiger partial charge is 0.319 e. The molecule has 2 aromatic carbocycles. The minimum atomic E-state index is -0.508. The second-order valence-corrected chi connectivity index (χ2v) is 8.14. The molecule has 0 aliphatic carbocycles. The zero-order chi connectivity index (χ0) is 20.4. The van der Waals surface area contributed by atoms with Gasteiger partial charge in [-0.15, -0.1) is 0 Å². The number of nitro groups is 1. The van der Waals surface area contributed by atoms with Gasteiger partial charge in [-0.1, -0.05) is 35.5 Å². The maximum Gasteiger partial charge on any atom is 0.292 e. The van der Waals surface area contributed by atoms with Crippen LogP contribution in [0.4, 0.5) is 11.4 Å². The van der Waals surface area contributed by atoms with E-state index in [-0.39, 0.29) is 17.3 Å². The fraction of sp³-hybridized carbons (Fsp3) is 0.238. The highest BCUT2D eigenvalue weighted by molar-refractivity contribution is 8.00. The SMILES string of the molecule is Cc1cc(C)c2nc(SC(C)C(=O)Nc3ccccc3[N+](=O)[O-])cc(C)c2c1. The highest BCUT2D eigenvalue weighted by Crippen LogP contribution is 2.30. The van der Waals surface area contributed by atoms with E-state index in [1.54, 1.807) is 19.1 Å². The predicted octanol–water partition coefficient (Wildman–Crippen LogP) is 5.19. The van der Waals surface area contributed by atoms with Crippen LogP contribution in [0.15, 0.2) is 47.5 Å². The molecule has 1 unspecified atom stereocenters. The van der Waals surface area contributed by atoms with Crippen LogP contribution in [0.2, 0.25) is 0 Å². The molecule has 144 valence electrons. The first-order chi connectivity index (χ1) is 13.3.